The molecular weight excluding hydrogens is 142 g/mol. The highest BCUT2D eigenvalue weighted by Crippen LogP contribution is 2.16. The summed E-state index contributed by atoms with van der Waals surface area (Å²) in [5.41, 5.74) is 0. The van der Waals surface area contributed by atoms with E-state index in [-0.39, 0.29) is 18.2 Å². The first-order valence-electron chi connectivity index (χ1n) is 4.06. The van der Waals surface area contributed by atoms with E-state index >= 15 is 0 Å². The SMILES string of the molecule is CC(C)C[C@H]1OC(=O)N[C@H]1C. The maximum atomic E-state index is 10.7. The second-order valence-corrected chi connectivity index (χ2v) is 3.51. The van der Waals surface area contributed by atoms with Crippen LogP contribution < -0.4 is 5.32 Å². The van der Waals surface area contributed by atoms with Crippen LogP contribution in [0.2, 0.25) is 0 Å². The average Bonchev–Trinajstić information content (AvgIpc) is 2.09. The van der Waals surface area contributed by atoms with Crippen molar-refractivity contribution in [3.05, 3.63) is 0 Å². The lowest BCUT2D eigenvalue weighted by Gasteiger charge is -2.14. The first-order chi connectivity index (χ1) is 5.09. The molecule has 1 aliphatic rings. The number of cyclic esters (lactones) is 1. The van der Waals surface area contributed by atoms with Gasteiger partial charge < -0.3 is 10.1 Å². The second kappa shape index (κ2) is 3.11. The summed E-state index contributed by atoms with van der Waals surface area (Å²) in [7, 11) is 0. The fourth-order valence-electron chi connectivity index (χ4n) is 1.27. The summed E-state index contributed by atoms with van der Waals surface area (Å²) in [5, 5.41) is 2.71. The first-order valence-corrected chi connectivity index (χ1v) is 4.06. The van der Waals surface area contributed by atoms with Crippen molar-refractivity contribution in [2.45, 2.75) is 39.3 Å². The molecule has 0 radical (unpaired) electrons. The van der Waals surface area contributed by atoms with E-state index in [1.807, 2.05) is 6.92 Å². The molecule has 0 aromatic carbocycles. The van der Waals surface area contributed by atoms with Crippen LogP contribution in [0, 0.1) is 5.92 Å². The number of carbonyl (C=O) groups is 1. The van der Waals surface area contributed by atoms with Crippen LogP contribution in [-0.2, 0) is 4.74 Å². The molecule has 2 atom stereocenters. The molecular formula is C8H15NO2. The van der Waals surface area contributed by atoms with Gasteiger partial charge in [-0.3, -0.25) is 0 Å². The lowest BCUT2D eigenvalue weighted by molar-refractivity contribution is 0.120. The molecule has 1 heterocycles. The van der Waals surface area contributed by atoms with Gasteiger partial charge in [0.1, 0.15) is 6.10 Å². The summed E-state index contributed by atoms with van der Waals surface area (Å²) in [5.74, 6) is 0.579. The van der Waals surface area contributed by atoms with E-state index in [9.17, 15) is 4.79 Å². The van der Waals surface area contributed by atoms with E-state index < -0.39 is 0 Å². The summed E-state index contributed by atoms with van der Waals surface area (Å²) in [6.07, 6.45) is 0.741. The molecule has 1 amide bonds. The zero-order valence-electron chi connectivity index (χ0n) is 7.26. The van der Waals surface area contributed by atoms with Crippen LogP contribution in [0.3, 0.4) is 0 Å². The van der Waals surface area contributed by atoms with Crippen molar-refractivity contribution in [2.75, 3.05) is 0 Å². The Morgan fingerprint density at radius 3 is 2.64 bits per heavy atom. The van der Waals surface area contributed by atoms with Gasteiger partial charge in [-0.15, -0.1) is 0 Å². The molecule has 1 N–H and O–H groups in total. The highest BCUT2D eigenvalue weighted by molar-refractivity contribution is 5.70. The van der Waals surface area contributed by atoms with Crippen molar-refractivity contribution in [3.63, 3.8) is 0 Å². The van der Waals surface area contributed by atoms with Crippen molar-refractivity contribution in [3.8, 4) is 0 Å². The molecule has 0 saturated carbocycles. The lowest BCUT2D eigenvalue weighted by Crippen LogP contribution is -2.28. The number of ether oxygens (including phenoxy) is 1. The van der Waals surface area contributed by atoms with Crippen molar-refractivity contribution < 1.29 is 9.53 Å². The number of hydrogen-bond acceptors (Lipinski definition) is 2. The average molecular weight is 157 g/mol. The van der Waals surface area contributed by atoms with Crippen LogP contribution in [-0.4, -0.2) is 18.2 Å². The maximum absolute atomic E-state index is 10.7. The van der Waals surface area contributed by atoms with Gasteiger partial charge in [-0.2, -0.15) is 0 Å². The molecule has 1 rings (SSSR count). The van der Waals surface area contributed by atoms with E-state index in [1.54, 1.807) is 0 Å². The molecule has 0 spiro atoms. The van der Waals surface area contributed by atoms with Gasteiger partial charge in [0.05, 0.1) is 6.04 Å². The minimum Gasteiger partial charge on any atom is -0.444 e. The molecule has 0 aromatic rings. The number of nitrogens with one attached hydrogen (secondary N) is 1. The topological polar surface area (TPSA) is 38.3 Å². The Balaban J connectivity index is 2.40. The van der Waals surface area contributed by atoms with Crippen LogP contribution in [0.4, 0.5) is 4.79 Å². The van der Waals surface area contributed by atoms with Gasteiger partial charge in [0, 0.05) is 0 Å². The van der Waals surface area contributed by atoms with E-state index in [1.165, 1.54) is 0 Å². The highest BCUT2D eigenvalue weighted by Gasteiger charge is 2.30. The van der Waals surface area contributed by atoms with Crippen LogP contribution in [0.25, 0.3) is 0 Å². The van der Waals surface area contributed by atoms with Gasteiger partial charge >= 0.3 is 6.09 Å². The van der Waals surface area contributed by atoms with Crippen molar-refractivity contribution >= 4 is 6.09 Å². The standard InChI is InChI=1S/C8H15NO2/c1-5(2)4-7-6(3)9-8(10)11-7/h5-7H,4H2,1-3H3,(H,9,10)/t6-,7+/m0/s1. The zero-order chi connectivity index (χ0) is 8.43. The Kier molecular flexibility index (Phi) is 2.37. The maximum Gasteiger partial charge on any atom is 0.407 e. The summed E-state index contributed by atoms with van der Waals surface area (Å²) >= 11 is 0. The predicted octanol–water partition coefficient (Wildman–Crippen LogP) is 1.53. The fraction of sp³-hybridized carbons (Fsp3) is 0.875. The number of amides is 1. The molecule has 0 aliphatic carbocycles. The van der Waals surface area contributed by atoms with E-state index in [0.29, 0.717) is 5.92 Å². The van der Waals surface area contributed by atoms with Gasteiger partial charge in [0.25, 0.3) is 0 Å². The molecule has 0 aromatic heterocycles. The summed E-state index contributed by atoms with van der Waals surface area (Å²) < 4.78 is 5.03. The Morgan fingerprint density at radius 2 is 2.27 bits per heavy atom. The third-order valence-corrected chi connectivity index (χ3v) is 1.87. The van der Waals surface area contributed by atoms with Crippen molar-refractivity contribution in [1.82, 2.24) is 5.32 Å². The highest BCUT2D eigenvalue weighted by atomic mass is 16.6. The van der Waals surface area contributed by atoms with Gasteiger partial charge in [0.15, 0.2) is 0 Å². The largest absolute Gasteiger partial charge is 0.444 e. The summed E-state index contributed by atoms with van der Waals surface area (Å²) in [4.78, 5) is 10.7. The lowest BCUT2D eigenvalue weighted by atomic mass is 10.0. The third-order valence-electron chi connectivity index (χ3n) is 1.87. The van der Waals surface area contributed by atoms with E-state index in [2.05, 4.69) is 19.2 Å². The zero-order valence-corrected chi connectivity index (χ0v) is 7.26. The smallest absolute Gasteiger partial charge is 0.407 e. The molecule has 1 saturated heterocycles. The summed E-state index contributed by atoms with van der Waals surface area (Å²) in [6, 6.07) is 0.171. The number of hydrogen-bond donors (Lipinski definition) is 1. The molecule has 3 heteroatoms. The Morgan fingerprint density at radius 1 is 1.64 bits per heavy atom. The fourth-order valence-corrected chi connectivity index (χ4v) is 1.27. The third kappa shape index (κ3) is 2.10. The van der Waals surface area contributed by atoms with Crippen LogP contribution in [0.5, 0.6) is 0 Å². The molecule has 0 bridgehead atoms. The molecule has 64 valence electrons. The molecule has 3 nitrogen and oxygen atoms in total. The van der Waals surface area contributed by atoms with Crippen molar-refractivity contribution in [2.24, 2.45) is 5.92 Å². The number of carbonyl (C=O) groups excluding carboxylic acids is 1. The van der Waals surface area contributed by atoms with Crippen LogP contribution in [0.1, 0.15) is 27.2 Å². The minimum atomic E-state index is -0.275. The van der Waals surface area contributed by atoms with Crippen molar-refractivity contribution in [1.29, 1.82) is 0 Å². The Labute approximate surface area is 67.1 Å². The number of rotatable bonds is 2. The van der Waals surface area contributed by atoms with Gasteiger partial charge in [-0.05, 0) is 19.3 Å². The first kappa shape index (κ1) is 8.37. The number of alkyl carbamates (subject to hydrolysis) is 1. The molecule has 0 unspecified atom stereocenters. The normalized spacial score (nSPS) is 30.4. The predicted molar refractivity (Wildman–Crippen MR) is 42.3 cm³/mol. The Hall–Kier alpha value is -0.730. The Bertz CT molecular complexity index is 156. The van der Waals surface area contributed by atoms with Gasteiger partial charge in [-0.25, -0.2) is 4.79 Å². The molecule has 11 heavy (non-hydrogen) atoms. The van der Waals surface area contributed by atoms with E-state index in [0.717, 1.165) is 6.42 Å². The monoisotopic (exact) mass is 157 g/mol. The molecule has 1 fully saturated rings. The van der Waals surface area contributed by atoms with Gasteiger partial charge in [0.2, 0.25) is 0 Å². The van der Waals surface area contributed by atoms with Gasteiger partial charge in [-0.1, -0.05) is 13.8 Å². The summed E-state index contributed by atoms with van der Waals surface area (Å²) in [6.45, 7) is 6.22. The van der Waals surface area contributed by atoms with E-state index in [4.69, 9.17) is 4.74 Å². The quantitative estimate of drug-likeness (QED) is 0.660. The van der Waals surface area contributed by atoms with Crippen LogP contribution >= 0.6 is 0 Å². The molecule has 1 aliphatic heterocycles. The second-order valence-electron chi connectivity index (χ2n) is 3.51. The van der Waals surface area contributed by atoms with Crippen LogP contribution in [0.15, 0.2) is 0 Å². The minimum absolute atomic E-state index is 0.0718.